The molecule has 1 aromatic carbocycles. The van der Waals surface area contributed by atoms with Gasteiger partial charge in [0, 0.05) is 24.6 Å². The van der Waals surface area contributed by atoms with Crippen LogP contribution >= 0.6 is 11.6 Å². The lowest BCUT2D eigenvalue weighted by molar-refractivity contribution is -0.384. The van der Waals surface area contributed by atoms with E-state index in [1.165, 1.54) is 12.1 Å². The normalized spacial score (nSPS) is 11.7. The van der Waals surface area contributed by atoms with Crippen molar-refractivity contribution in [3.05, 3.63) is 39.9 Å². The van der Waals surface area contributed by atoms with Gasteiger partial charge in [-0.25, -0.2) is 4.79 Å². The van der Waals surface area contributed by atoms with Crippen LogP contribution in [0.4, 0.5) is 10.5 Å². The highest BCUT2D eigenvalue weighted by Crippen LogP contribution is 2.18. The number of benzene rings is 1. The van der Waals surface area contributed by atoms with Gasteiger partial charge in [-0.3, -0.25) is 10.1 Å². The van der Waals surface area contributed by atoms with Crippen molar-refractivity contribution in [1.82, 2.24) is 10.6 Å². The average molecular weight is 272 g/mol. The summed E-state index contributed by atoms with van der Waals surface area (Å²) in [7, 11) is 0. The molecule has 18 heavy (non-hydrogen) atoms. The number of nitro groups is 1. The highest BCUT2D eigenvalue weighted by atomic mass is 35.5. The van der Waals surface area contributed by atoms with Crippen LogP contribution in [0, 0.1) is 10.1 Å². The predicted octanol–water partition coefficient (Wildman–Crippen LogP) is 2.19. The maximum atomic E-state index is 11.4. The molecule has 0 spiro atoms. The second-order valence-corrected chi connectivity index (χ2v) is 4.04. The first kappa shape index (κ1) is 14.2. The lowest BCUT2D eigenvalue weighted by Gasteiger charge is -2.14. The number of urea groups is 1. The first-order valence-electron chi connectivity index (χ1n) is 5.39. The first-order chi connectivity index (χ1) is 8.54. The zero-order chi connectivity index (χ0) is 13.5. The molecule has 1 atom stereocenters. The second-order valence-electron chi connectivity index (χ2n) is 3.66. The van der Waals surface area contributed by atoms with Gasteiger partial charge in [0.15, 0.2) is 0 Å². The van der Waals surface area contributed by atoms with Crippen LogP contribution in [-0.2, 0) is 0 Å². The zero-order valence-corrected chi connectivity index (χ0v) is 10.6. The second kappa shape index (κ2) is 6.80. The highest BCUT2D eigenvalue weighted by molar-refractivity contribution is 6.18. The molecule has 0 heterocycles. The topological polar surface area (TPSA) is 84.3 Å². The van der Waals surface area contributed by atoms with Gasteiger partial charge in [-0.1, -0.05) is 12.1 Å². The van der Waals surface area contributed by atoms with Gasteiger partial charge in [0.2, 0.25) is 0 Å². The molecule has 6 nitrogen and oxygen atoms in total. The summed E-state index contributed by atoms with van der Waals surface area (Å²) in [6.45, 7) is 2.12. The summed E-state index contributed by atoms with van der Waals surface area (Å²) in [4.78, 5) is 21.6. The third-order valence-electron chi connectivity index (χ3n) is 2.31. The van der Waals surface area contributed by atoms with Crippen LogP contribution in [0.1, 0.15) is 18.5 Å². The van der Waals surface area contributed by atoms with E-state index < -0.39 is 4.92 Å². The molecule has 0 aliphatic rings. The van der Waals surface area contributed by atoms with Crippen molar-refractivity contribution in [3.8, 4) is 0 Å². The summed E-state index contributed by atoms with van der Waals surface area (Å²) in [5.41, 5.74) is 0.674. The standard InChI is InChI=1S/C11H14ClN3O3/c1-8(14-11(16)13-6-5-12)9-3-2-4-10(7-9)15(17)18/h2-4,7-8H,5-6H2,1H3,(H2,13,14,16). The van der Waals surface area contributed by atoms with E-state index >= 15 is 0 Å². The molecule has 2 amide bonds. The Hall–Kier alpha value is -1.82. The molecule has 98 valence electrons. The Balaban J connectivity index is 2.66. The molecule has 0 saturated carbocycles. The minimum Gasteiger partial charge on any atom is -0.337 e. The van der Waals surface area contributed by atoms with Crippen molar-refractivity contribution >= 4 is 23.3 Å². The number of carbonyl (C=O) groups is 1. The smallest absolute Gasteiger partial charge is 0.315 e. The SMILES string of the molecule is CC(NC(=O)NCCCl)c1cccc([N+](=O)[O-])c1. The van der Waals surface area contributed by atoms with E-state index in [9.17, 15) is 14.9 Å². The number of halogens is 1. The van der Waals surface area contributed by atoms with Crippen molar-refractivity contribution in [3.63, 3.8) is 0 Å². The van der Waals surface area contributed by atoms with Gasteiger partial charge in [0.05, 0.1) is 11.0 Å². The van der Waals surface area contributed by atoms with Gasteiger partial charge in [-0.15, -0.1) is 11.6 Å². The summed E-state index contributed by atoms with van der Waals surface area (Å²) in [5, 5.41) is 15.9. The van der Waals surface area contributed by atoms with Crippen molar-refractivity contribution < 1.29 is 9.72 Å². The molecule has 0 fully saturated rings. The minimum atomic E-state index is -0.468. The van der Waals surface area contributed by atoms with E-state index in [4.69, 9.17) is 11.6 Å². The van der Waals surface area contributed by atoms with Gasteiger partial charge >= 0.3 is 6.03 Å². The largest absolute Gasteiger partial charge is 0.337 e. The number of rotatable bonds is 5. The Labute approximate surface area is 109 Å². The van der Waals surface area contributed by atoms with E-state index in [1.807, 2.05) is 0 Å². The van der Waals surface area contributed by atoms with E-state index in [2.05, 4.69) is 10.6 Å². The van der Waals surface area contributed by atoms with Crippen LogP contribution in [0.15, 0.2) is 24.3 Å². The molecule has 1 unspecified atom stereocenters. The van der Waals surface area contributed by atoms with Crippen molar-refractivity contribution in [2.24, 2.45) is 0 Å². The average Bonchev–Trinajstić information content (AvgIpc) is 2.36. The van der Waals surface area contributed by atoms with E-state index in [0.29, 0.717) is 18.0 Å². The third-order valence-corrected chi connectivity index (χ3v) is 2.50. The van der Waals surface area contributed by atoms with Crippen molar-refractivity contribution in [2.75, 3.05) is 12.4 Å². The quantitative estimate of drug-likeness (QED) is 0.489. The molecule has 0 bridgehead atoms. The van der Waals surface area contributed by atoms with Crippen LogP contribution in [0.25, 0.3) is 0 Å². The zero-order valence-electron chi connectivity index (χ0n) is 9.85. The highest BCUT2D eigenvalue weighted by Gasteiger charge is 2.12. The van der Waals surface area contributed by atoms with Crippen LogP contribution in [0.5, 0.6) is 0 Å². The fourth-order valence-electron chi connectivity index (χ4n) is 1.40. The van der Waals surface area contributed by atoms with Crippen molar-refractivity contribution in [1.29, 1.82) is 0 Å². The van der Waals surface area contributed by atoms with Gasteiger partial charge < -0.3 is 10.6 Å². The summed E-state index contributed by atoms with van der Waals surface area (Å²) >= 11 is 5.44. The Morgan fingerprint density at radius 2 is 2.28 bits per heavy atom. The molecule has 0 saturated heterocycles. The molecule has 0 aromatic heterocycles. The number of hydrogen-bond acceptors (Lipinski definition) is 3. The molecule has 2 N–H and O–H groups in total. The number of alkyl halides is 1. The number of hydrogen-bond donors (Lipinski definition) is 2. The number of nitrogens with one attached hydrogen (secondary N) is 2. The predicted molar refractivity (Wildman–Crippen MR) is 68.8 cm³/mol. The fraction of sp³-hybridized carbons (Fsp3) is 0.364. The number of carbonyl (C=O) groups excluding carboxylic acids is 1. The molecule has 1 rings (SSSR count). The van der Waals surface area contributed by atoms with Gasteiger partial charge in [-0.05, 0) is 12.5 Å². The Morgan fingerprint density at radius 3 is 2.89 bits per heavy atom. The lowest BCUT2D eigenvalue weighted by atomic mass is 10.1. The number of non-ortho nitro benzene ring substituents is 1. The number of nitrogens with zero attached hydrogens (tertiary/aromatic N) is 1. The molecule has 0 aliphatic heterocycles. The maximum Gasteiger partial charge on any atom is 0.315 e. The van der Waals surface area contributed by atoms with Gasteiger partial charge in [0.25, 0.3) is 5.69 Å². The monoisotopic (exact) mass is 271 g/mol. The third kappa shape index (κ3) is 4.21. The van der Waals surface area contributed by atoms with Crippen molar-refractivity contribution in [2.45, 2.75) is 13.0 Å². The minimum absolute atomic E-state index is 0.00214. The molecule has 0 aliphatic carbocycles. The van der Waals surface area contributed by atoms with E-state index in [0.717, 1.165) is 0 Å². The molecule has 0 radical (unpaired) electrons. The maximum absolute atomic E-state index is 11.4. The molecular formula is C11H14ClN3O3. The fourth-order valence-corrected chi connectivity index (χ4v) is 1.49. The Bertz CT molecular complexity index is 439. The van der Waals surface area contributed by atoms with Crippen LogP contribution in [0.3, 0.4) is 0 Å². The van der Waals surface area contributed by atoms with Gasteiger partial charge in [-0.2, -0.15) is 0 Å². The van der Waals surface area contributed by atoms with Crippen LogP contribution < -0.4 is 10.6 Å². The molecule has 1 aromatic rings. The molecular weight excluding hydrogens is 258 g/mol. The Kier molecular flexibility index (Phi) is 5.38. The van der Waals surface area contributed by atoms with E-state index in [1.54, 1.807) is 19.1 Å². The van der Waals surface area contributed by atoms with E-state index in [-0.39, 0.29) is 17.8 Å². The Morgan fingerprint density at radius 1 is 1.56 bits per heavy atom. The van der Waals surface area contributed by atoms with Crippen LogP contribution in [-0.4, -0.2) is 23.4 Å². The summed E-state index contributed by atoms with van der Waals surface area (Å²) < 4.78 is 0. The van der Waals surface area contributed by atoms with Crippen LogP contribution in [0.2, 0.25) is 0 Å². The summed E-state index contributed by atoms with van der Waals surface area (Å²) in [5.74, 6) is 0.332. The summed E-state index contributed by atoms with van der Waals surface area (Å²) in [6, 6.07) is 5.48. The van der Waals surface area contributed by atoms with Gasteiger partial charge in [0.1, 0.15) is 0 Å². The molecule has 7 heteroatoms. The first-order valence-corrected chi connectivity index (χ1v) is 5.92. The number of nitro benzene ring substituents is 1. The summed E-state index contributed by atoms with van der Waals surface area (Å²) in [6.07, 6.45) is 0. The number of amides is 2. The lowest BCUT2D eigenvalue weighted by Crippen LogP contribution is -2.37.